The Morgan fingerprint density at radius 2 is 1.96 bits per heavy atom. The van der Waals surface area contributed by atoms with E-state index in [0.29, 0.717) is 18.7 Å². The molecule has 0 atom stereocenters. The molecule has 0 aliphatic rings. The fourth-order valence-electron chi connectivity index (χ4n) is 2.43. The third kappa shape index (κ3) is 4.82. The van der Waals surface area contributed by atoms with E-state index < -0.39 is 0 Å². The summed E-state index contributed by atoms with van der Waals surface area (Å²) < 4.78 is 1.70. The van der Waals surface area contributed by atoms with Gasteiger partial charge in [0.2, 0.25) is 0 Å². The second kappa shape index (κ2) is 8.33. The quantitative estimate of drug-likeness (QED) is 0.775. The van der Waals surface area contributed by atoms with E-state index in [-0.39, 0.29) is 11.7 Å². The number of carbonyl (C=O) groups is 1. The molecule has 3 N–H and O–H groups in total. The molecule has 0 saturated heterocycles. The van der Waals surface area contributed by atoms with Crippen molar-refractivity contribution in [1.82, 2.24) is 20.0 Å². The summed E-state index contributed by atoms with van der Waals surface area (Å²) in [4.78, 5) is 14.5. The van der Waals surface area contributed by atoms with Crippen molar-refractivity contribution >= 4 is 11.7 Å². The van der Waals surface area contributed by atoms with Crippen LogP contribution in [-0.4, -0.2) is 46.8 Å². The van der Waals surface area contributed by atoms with Gasteiger partial charge in [-0.1, -0.05) is 44.2 Å². The zero-order chi connectivity index (χ0) is 16.7. The number of hydrogen-bond acceptors (Lipinski definition) is 4. The summed E-state index contributed by atoms with van der Waals surface area (Å²) in [5.74, 6) is 0.0928. The average Bonchev–Trinajstić information content (AvgIpc) is 2.93. The second-order valence-electron chi connectivity index (χ2n) is 5.39. The van der Waals surface area contributed by atoms with Crippen molar-refractivity contribution in [3.8, 4) is 0 Å². The van der Waals surface area contributed by atoms with Crippen molar-refractivity contribution in [2.75, 3.05) is 31.9 Å². The molecule has 124 valence electrons. The molecule has 2 aromatic rings. The smallest absolute Gasteiger partial charge is 0.256 e. The molecule has 0 spiro atoms. The molecule has 0 unspecified atom stereocenters. The van der Waals surface area contributed by atoms with Crippen molar-refractivity contribution in [3.63, 3.8) is 0 Å². The van der Waals surface area contributed by atoms with Crippen molar-refractivity contribution in [2.45, 2.75) is 20.4 Å². The molecule has 6 nitrogen and oxygen atoms in total. The van der Waals surface area contributed by atoms with Crippen LogP contribution in [0.3, 0.4) is 0 Å². The van der Waals surface area contributed by atoms with Gasteiger partial charge in [-0.25, -0.2) is 0 Å². The highest BCUT2D eigenvalue weighted by Gasteiger charge is 2.14. The summed E-state index contributed by atoms with van der Waals surface area (Å²) >= 11 is 0. The van der Waals surface area contributed by atoms with Crippen LogP contribution in [0.15, 0.2) is 36.5 Å². The van der Waals surface area contributed by atoms with Gasteiger partial charge in [-0.2, -0.15) is 5.10 Å². The summed E-state index contributed by atoms with van der Waals surface area (Å²) in [6.07, 6.45) is 1.70. The number of amides is 1. The maximum Gasteiger partial charge on any atom is 0.256 e. The molecule has 1 heterocycles. The third-order valence-electron chi connectivity index (χ3n) is 3.83. The van der Waals surface area contributed by atoms with Gasteiger partial charge in [0.15, 0.2) is 5.82 Å². The molecule has 0 radical (unpaired) electrons. The number of carbonyl (C=O) groups excluding carboxylic acids is 1. The maximum atomic E-state index is 12.2. The molecule has 2 rings (SSSR count). The Balaban J connectivity index is 1.93. The predicted molar refractivity (Wildman–Crippen MR) is 92.3 cm³/mol. The van der Waals surface area contributed by atoms with Crippen LogP contribution in [0.4, 0.5) is 5.82 Å². The molecule has 0 saturated carbocycles. The van der Waals surface area contributed by atoms with Crippen LogP contribution < -0.4 is 11.1 Å². The Kier molecular flexibility index (Phi) is 6.17. The van der Waals surface area contributed by atoms with Gasteiger partial charge in [-0.3, -0.25) is 9.48 Å². The number of nitrogen functional groups attached to an aromatic ring is 1. The molecule has 23 heavy (non-hydrogen) atoms. The molecule has 1 aromatic heterocycles. The topological polar surface area (TPSA) is 76.2 Å². The van der Waals surface area contributed by atoms with E-state index in [9.17, 15) is 4.79 Å². The van der Waals surface area contributed by atoms with Gasteiger partial charge in [0.25, 0.3) is 5.91 Å². The molecule has 1 aromatic carbocycles. The number of aromatic nitrogens is 2. The highest BCUT2D eigenvalue weighted by Crippen LogP contribution is 2.10. The fourth-order valence-corrected chi connectivity index (χ4v) is 2.43. The lowest BCUT2D eigenvalue weighted by molar-refractivity contribution is 0.0949. The van der Waals surface area contributed by atoms with Gasteiger partial charge < -0.3 is 16.0 Å². The summed E-state index contributed by atoms with van der Waals surface area (Å²) in [5, 5.41) is 7.13. The Bertz CT molecular complexity index is 619. The van der Waals surface area contributed by atoms with Crippen LogP contribution in [0.2, 0.25) is 0 Å². The SMILES string of the molecule is CCN(CC)CCNC(=O)c1cn(Cc2ccccc2)nc1N. The van der Waals surface area contributed by atoms with Crippen LogP contribution in [0.25, 0.3) is 0 Å². The minimum Gasteiger partial charge on any atom is -0.382 e. The number of nitrogens with one attached hydrogen (secondary N) is 1. The van der Waals surface area contributed by atoms with Crippen LogP contribution in [0, 0.1) is 0 Å². The van der Waals surface area contributed by atoms with E-state index in [2.05, 4.69) is 29.2 Å². The van der Waals surface area contributed by atoms with Gasteiger partial charge >= 0.3 is 0 Å². The monoisotopic (exact) mass is 315 g/mol. The number of nitrogens with two attached hydrogens (primary N) is 1. The number of likely N-dealkylation sites (N-methyl/N-ethyl adjacent to an activating group) is 1. The minimum atomic E-state index is -0.172. The molecule has 6 heteroatoms. The molecule has 0 aliphatic carbocycles. The predicted octanol–water partition coefficient (Wildman–Crippen LogP) is 1.59. The van der Waals surface area contributed by atoms with Gasteiger partial charge in [0.1, 0.15) is 5.56 Å². The van der Waals surface area contributed by atoms with E-state index in [1.807, 2.05) is 30.3 Å². The number of anilines is 1. The Morgan fingerprint density at radius 1 is 1.26 bits per heavy atom. The van der Waals surface area contributed by atoms with Crippen molar-refractivity contribution < 1.29 is 4.79 Å². The average molecular weight is 315 g/mol. The first kappa shape index (κ1) is 17.0. The summed E-state index contributed by atoms with van der Waals surface area (Å²) in [6, 6.07) is 9.95. The van der Waals surface area contributed by atoms with Gasteiger partial charge in [-0.05, 0) is 18.7 Å². The maximum absolute atomic E-state index is 12.2. The Labute approximate surface area is 137 Å². The highest BCUT2D eigenvalue weighted by atomic mass is 16.1. The van der Waals surface area contributed by atoms with Crippen LogP contribution in [0.1, 0.15) is 29.8 Å². The van der Waals surface area contributed by atoms with Crippen molar-refractivity contribution in [1.29, 1.82) is 0 Å². The van der Waals surface area contributed by atoms with Crippen molar-refractivity contribution in [2.24, 2.45) is 0 Å². The van der Waals surface area contributed by atoms with E-state index in [1.54, 1.807) is 10.9 Å². The van der Waals surface area contributed by atoms with E-state index >= 15 is 0 Å². The largest absolute Gasteiger partial charge is 0.382 e. The lowest BCUT2D eigenvalue weighted by Crippen LogP contribution is -2.34. The zero-order valence-electron chi connectivity index (χ0n) is 13.8. The Morgan fingerprint density at radius 3 is 2.61 bits per heavy atom. The number of benzene rings is 1. The van der Waals surface area contributed by atoms with Gasteiger partial charge in [-0.15, -0.1) is 0 Å². The second-order valence-corrected chi connectivity index (χ2v) is 5.39. The molecule has 0 aliphatic heterocycles. The number of nitrogens with zero attached hydrogens (tertiary/aromatic N) is 3. The first-order valence-electron chi connectivity index (χ1n) is 8.01. The molecule has 1 amide bonds. The van der Waals surface area contributed by atoms with E-state index in [4.69, 9.17) is 5.73 Å². The van der Waals surface area contributed by atoms with E-state index in [1.165, 1.54) is 0 Å². The summed E-state index contributed by atoms with van der Waals surface area (Å²) in [6.45, 7) is 8.19. The lowest BCUT2D eigenvalue weighted by atomic mass is 10.2. The van der Waals surface area contributed by atoms with Crippen molar-refractivity contribution in [3.05, 3.63) is 47.7 Å². The lowest BCUT2D eigenvalue weighted by Gasteiger charge is -2.17. The summed E-state index contributed by atoms with van der Waals surface area (Å²) in [7, 11) is 0. The van der Waals surface area contributed by atoms with Gasteiger partial charge in [0, 0.05) is 19.3 Å². The van der Waals surface area contributed by atoms with Crippen LogP contribution in [-0.2, 0) is 6.54 Å². The van der Waals surface area contributed by atoms with Crippen LogP contribution in [0.5, 0.6) is 0 Å². The normalized spacial score (nSPS) is 10.9. The third-order valence-corrected chi connectivity index (χ3v) is 3.83. The molecule has 0 fully saturated rings. The first-order valence-corrected chi connectivity index (χ1v) is 8.01. The van der Waals surface area contributed by atoms with Crippen LogP contribution >= 0.6 is 0 Å². The molecular formula is C17H25N5O. The fraction of sp³-hybridized carbons (Fsp3) is 0.412. The molecule has 0 bridgehead atoms. The molecular weight excluding hydrogens is 290 g/mol. The Hall–Kier alpha value is -2.34. The van der Waals surface area contributed by atoms with E-state index in [0.717, 1.165) is 25.2 Å². The number of rotatable bonds is 8. The standard InChI is InChI=1S/C17H25N5O/c1-3-21(4-2)11-10-19-17(23)15-13-22(20-16(15)18)12-14-8-6-5-7-9-14/h5-9,13H,3-4,10-12H2,1-2H3,(H2,18,20)(H,19,23). The first-order chi connectivity index (χ1) is 11.1. The number of hydrogen-bond donors (Lipinski definition) is 2. The van der Waals surface area contributed by atoms with Gasteiger partial charge in [0.05, 0.1) is 6.54 Å². The zero-order valence-corrected chi connectivity index (χ0v) is 13.8. The minimum absolute atomic E-state index is 0.172. The summed E-state index contributed by atoms with van der Waals surface area (Å²) in [5.41, 5.74) is 7.42. The highest BCUT2D eigenvalue weighted by molar-refractivity contribution is 5.98.